The van der Waals surface area contributed by atoms with E-state index in [2.05, 4.69) is 29.4 Å². The summed E-state index contributed by atoms with van der Waals surface area (Å²) < 4.78 is 10.9. The molecule has 148 valence electrons. The summed E-state index contributed by atoms with van der Waals surface area (Å²) in [7, 11) is 0. The molecule has 27 heavy (non-hydrogen) atoms. The molecule has 7 nitrogen and oxygen atoms in total. The van der Waals surface area contributed by atoms with Crippen LogP contribution in [0.2, 0.25) is 0 Å². The molecule has 0 aromatic heterocycles. The molecule has 2 N–H and O–H groups in total. The van der Waals surface area contributed by atoms with Crippen LogP contribution in [-0.4, -0.2) is 62.2 Å². The Kier molecular flexibility index (Phi) is 6.68. The summed E-state index contributed by atoms with van der Waals surface area (Å²) in [6, 6.07) is 5.41. The first-order valence-electron chi connectivity index (χ1n) is 9.79. The van der Waals surface area contributed by atoms with Crippen molar-refractivity contribution in [2.75, 3.05) is 44.8 Å². The summed E-state index contributed by atoms with van der Waals surface area (Å²) >= 11 is 0. The minimum absolute atomic E-state index is 0.0220. The molecule has 2 aliphatic heterocycles. The Bertz CT molecular complexity index is 669. The molecule has 2 amide bonds. The molecule has 0 unspecified atom stereocenters. The molecule has 0 radical (unpaired) electrons. The van der Waals surface area contributed by atoms with Crippen molar-refractivity contribution in [2.45, 2.75) is 32.7 Å². The smallest absolute Gasteiger partial charge is 0.262 e. The molecule has 7 heteroatoms. The number of carbonyl (C=O) groups excluding carboxylic acids is 2. The average molecular weight is 375 g/mol. The van der Waals surface area contributed by atoms with Gasteiger partial charge in [-0.15, -0.1) is 0 Å². The van der Waals surface area contributed by atoms with E-state index in [0.717, 1.165) is 39.1 Å². The third kappa shape index (κ3) is 4.78. The lowest BCUT2D eigenvalue weighted by atomic mass is 9.92. The van der Waals surface area contributed by atoms with Gasteiger partial charge < -0.3 is 20.1 Å². The van der Waals surface area contributed by atoms with Gasteiger partial charge in [0.05, 0.1) is 18.9 Å². The van der Waals surface area contributed by atoms with Crippen molar-refractivity contribution in [3.05, 3.63) is 23.8 Å². The zero-order chi connectivity index (χ0) is 19.2. The van der Waals surface area contributed by atoms with Gasteiger partial charge in [-0.05, 0) is 24.1 Å². The number of ether oxygens (including phenoxy) is 2. The second kappa shape index (κ2) is 9.19. The van der Waals surface area contributed by atoms with E-state index < -0.39 is 0 Å². The number of benzene rings is 1. The Balaban J connectivity index is 1.65. The lowest BCUT2D eigenvalue weighted by molar-refractivity contribution is -0.118. The summed E-state index contributed by atoms with van der Waals surface area (Å²) in [4.78, 5) is 26.5. The molecule has 2 heterocycles. The van der Waals surface area contributed by atoms with E-state index in [9.17, 15) is 9.59 Å². The predicted molar refractivity (Wildman–Crippen MR) is 103 cm³/mol. The van der Waals surface area contributed by atoms with E-state index in [1.165, 1.54) is 0 Å². The summed E-state index contributed by atoms with van der Waals surface area (Å²) in [5, 5.41) is 5.83. The summed E-state index contributed by atoms with van der Waals surface area (Å²) in [6.45, 7) is 8.31. The van der Waals surface area contributed by atoms with Gasteiger partial charge in [0, 0.05) is 31.2 Å². The number of anilines is 1. The Morgan fingerprint density at radius 3 is 2.70 bits per heavy atom. The highest BCUT2D eigenvalue weighted by Crippen LogP contribution is 2.28. The predicted octanol–water partition coefficient (Wildman–Crippen LogP) is 1.88. The van der Waals surface area contributed by atoms with Crippen LogP contribution in [0.5, 0.6) is 5.75 Å². The van der Waals surface area contributed by atoms with Gasteiger partial charge in [0.15, 0.2) is 6.61 Å². The van der Waals surface area contributed by atoms with Crippen molar-refractivity contribution in [1.29, 1.82) is 0 Å². The van der Waals surface area contributed by atoms with E-state index in [4.69, 9.17) is 9.47 Å². The summed E-state index contributed by atoms with van der Waals surface area (Å²) in [5.41, 5.74) is 1.14. The molecule has 1 fully saturated rings. The molecule has 0 spiro atoms. The molecule has 0 saturated carbocycles. The van der Waals surface area contributed by atoms with Gasteiger partial charge in [-0.25, -0.2) is 0 Å². The van der Waals surface area contributed by atoms with Crippen LogP contribution in [0.25, 0.3) is 0 Å². The largest absolute Gasteiger partial charge is 0.482 e. The zero-order valence-electron chi connectivity index (χ0n) is 16.1. The minimum Gasteiger partial charge on any atom is -0.482 e. The number of hydrogen-bond donors (Lipinski definition) is 2. The first kappa shape index (κ1) is 19.6. The molecule has 1 aromatic carbocycles. The standard InChI is InChI=1S/C20H29N3O4/c1-3-14(4-2)17(23-7-9-26-10-8-23)12-21-20(25)15-5-6-16-18(11-15)27-13-19(24)22-16/h5-6,11,14,17H,3-4,7-10,12-13H2,1-2H3,(H,21,25)(H,22,24)/t17-/m0/s1. The highest BCUT2D eigenvalue weighted by atomic mass is 16.5. The van der Waals surface area contributed by atoms with Crippen LogP contribution in [0, 0.1) is 5.92 Å². The Hall–Kier alpha value is -2.12. The van der Waals surface area contributed by atoms with E-state index in [-0.39, 0.29) is 18.4 Å². The molecule has 2 aliphatic rings. The summed E-state index contributed by atoms with van der Waals surface area (Å²) in [5.74, 6) is 0.762. The van der Waals surface area contributed by atoms with Crippen molar-refractivity contribution in [3.63, 3.8) is 0 Å². The first-order chi connectivity index (χ1) is 13.1. The highest BCUT2D eigenvalue weighted by Gasteiger charge is 2.27. The monoisotopic (exact) mass is 375 g/mol. The SMILES string of the molecule is CCC(CC)[C@H](CNC(=O)c1ccc2c(c1)OCC(=O)N2)N1CCOCC1. The highest BCUT2D eigenvalue weighted by molar-refractivity contribution is 5.98. The maximum Gasteiger partial charge on any atom is 0.262 e. The van der Waals surface area contributed by atoms with E-state index in [0.29, 0.717) is 35.5 Å². The number of amides is 2. The lowest BCUT2D eigenvalue weighted by Crippen LogP contribution is -2.52. The fourth-order valence-electron chi connectivity index (χ4n) is 3.85. The van der Waals surface area contributed by atoms with E-state index in [1.807, 2.05) is 0 Å². The van der Waals surface area contributed by atoms with Crippen LogP contribution >= 0.6 is 0 Å². The molecule has 3 rings (SSSR count). The molecule has 0 bridgehead atoms. The fraction of sp³-hybridized carbons (Fsp3) is 0.600. The van der Waals surface area contributed by atoms with Gasteiger partial charge in [-0.2, -0.15) is 0 Å². The third-order valence-electron chi connectivity index (χ3n) is 5.46. The van der Waals surface area contributed by atoms with Gasteiger partial charge in [0.25, 0.3) is 11.8 Å². The normalized spacial score (nSPS) is 18.4. The maximum absolute atomic E-state index is 12.7. The van der Waals surface area contributed by atoms with Crippen molar-refractivity contribution in [2.24, 2.45) is 5.92 Å². The average Bonchev–Trinajstić information content (AvgIpc) is 2.71. The Morgan fingerprint density at radius 2 is 2.00 bits per heavy atom. The van der Waals surface area contributed by atoms with Crippen LogP contribution in [-0.2, 0) is 9.53 Å². The minimum atomic E-state index is -0.182. The van der Waals surface area contributed by atoms with Crippen LogP contribution in [0.15, 0.2) is 18.2 Å². The van der Waals surface area contributed by atoms with Crippen LogP contribution in [0.1, 0.15) is 37.0 Å². The number of rotatable bonds is 7. The molecule has 1 atom stereocenters. The molecule has 1 saturated heterocycles. The number of morpholine rings is 1. The van der Waals surface area contributed by atoms with Crippen LogP contribution in [0.3, 0.4) is 0 Å². The molecular weight excluding hydrogens is 346 g/mol. The van der Waals surface area contributed by atoms with Gasteiger partial charge >= 0.3 is 0 Å². The molecule has 1 aromatic rings. The molecule has 0 aliphatic carbocycles. The van der Waals surface area contributed by atoms with Crippen molar-refractivity contribution >= 4 is 17.5 Å². The van der Waals surface area contributed by atoms with Crippen molar-refractivity contribution in [1.82, 2.24) is 10.2 Å². The van der Waals surface area contributed by atoms with Crippen LogP contribution < -0.4 is 15.4 Å². The third-order valence-corrected chi connectivity index (χ3v) is 5.46. The van der Waals surface area contributed by atoms with Crippen molar-refractivity contribution in [3.8, 4) is 5.75 Å². The van der Waals surface area contributed by atoms with Crippen LogP contribution in [0.4, 0.5) is 5.69 Å². The number of fused-ring (bicyclic) bond motifs is 1. The maximum atomic E-state index is 12.7. The second-order valence-electron chi connectivity index (χ2n) is 7.05. The van der Waals surface area contributed by atoms with E-state index >= 15 is 0 Å². The summed E-state index contributed by atoms with van der Waals surface area (Å²) in [6.07, 6.45) is 2.17. The Labute approximate surface area is 160 Å². The quantitative estimate of drug-likeness (QED) is 0.761. The van der Waals surface area contributed by atoms with Crippen molar-refractivity contribution < 1.29 is 19.1 Å². The number of nitrogens with one attached hydrogen (secondary N) is 2. The van der Waals surface area contributed by atoms with Gasteiger partial charge in [-0.1, -0.05) is 26.7 Å². The number of nitrogens with zero attached hydrogens (tertiary/aromatic N) is 1. The van der Waals surface area contributed by atoms with Gasteiger partial charge in [0.1, 0.15) is 5.75 Å². The number of carbonyl (C=O) groups is 2. The second-order valence-corrected chi connectivity index (χ2v) is 7.05. The zero-order valence-corrected chi connectivity index (χ0v) is 16.1. The van der Waals surface area contributed by atoms with Gasteiger partial charge in [-0.3, -0.25) is 14.5 Å². The number of hydrogen-bond acceptors (Lipinski definition) is 5. The first-order valence-corrected chi connectivity index (χ1v) is 9.79. The topological polar surface area (TPSA) is 79.9 Å². The molecular formula is C20H29N3O4. The Morgan fingerprint density at radius 1 is 1.26 bits per heavy atom. The fourth-order valence-corrected chi connectivity index (χ4v) is 3.85. The lowest BCUT2D eigenvalue weighted by Gasteiger charge is -2.38. The van der Waals surface area contributed by atoms with E-state index in [1.54, 1.807) is 18.2 Å². The van der Waals surface area contributed by atoms with Gasteiger partial charge in [0.2, 0.25) is 0 Å².